The van der Waals surface area contributed by atoms with Crippen molar-refractivity contribution in [3.05, 3.63) is 29.8 Å². The highest BCUT2D eigenvalue weighted by atomic mass is 16.5. The highest BCUT2D eigenvalue weighted by molar-refractivity contribution is 5.33. The molecule has 1 saturated carbocycles. The molecule has 0 bridgehead atoms. The van der Waals surface area contributed by atoms with Gasteiger partial charge in [0.2, 0.25) is 0 Å². The third kappa shape index (κ3) is 4.55. The van der Waals surface area contributed by atoms with Crippen LogP contribution in [-0.4, -0.2) is 61.8 Å². The van der Waals surface area contributed by atoms with Crippen LogP contribution < -0.4 is 4.74 Å². The number of nitrogens with zero attached hydrogens (tertiary/aromatic N) is 2. The first-order valence-electron chi connectivity index (χ1n) is 9.89. The Labute approximate surface area is 152 Å². The van der Waals surface area contributed by atoms with E-state index < -0.39 is 5.60 Å². The van der Waals surface area contributed by atoms with Crippen LogP contribution in [-0.2, 0) is 5.60 Å². The van der Waals surface area contributed by atoms with Gasteiger partial charge in [-0.1, -0.05) is 37.8 Å². The topological polar surface area (TPSA) is 35.9 Å². The summed E-state index contributed by atoms with van der Waals surface area (Å²) in [6.07, 6.45) is 6.83. The van der Waals surface area contributed by atoms with E-state index in [1.54, 1.807) is 7.11 Å². The normalized spacial score (nSPS) is 29.8. The average Bonchev–Trinajstić information content (AvgIpc) is 2.63. The van der Waals surface area contributed by atoms with Crippen LogP contribution in [0.2, 0.25) is 0 Å². The maximum absolute atomic E-state index is 11.8. The first-order valence-corrected chi connectivity index (χ1v) is 9.89. The Morgan fingerprint density at radius 2 is 1.88 bits per heavy atom. The Morgan fingerprint density at radius 3 is 2.64 bits per heavy atom. The number of ether oxygens (including phenoxy) is 1. The SMILES string of the molecule is COc1cccc(C2(O)CCCCCCC2CN2CCN(C)CC2)c1. The molecule has 1 N–H and O–H groups in total. The van der Waals surface area contributed by atoms with E-state index in [-0.39, 0.29) is 0 Å². The molecule has 0 radical (unpaired) electrons. The predicted octanol–water partition coefficient (Wildman–Crippen LogP) is 3.10. The Kier molecular flexibility index (Phi) is 6.37. The molecule has 2 fully saturated rings. The molecule has 2 unspecified atom stereocenters. The molecule has 1 heterocycles. The number of hydrogen-bond donors (Lipinski definition) is 1. The van der Waals surface area contributed by atoms with Crippen LogP contribution in [0.15, 0.2) is 24.3 Å². The Balaban J connectivity index is 1.82. The second-order valence-corrected chi connectivity index (χ2v) is 7.91. The lowest BCUT2D eigenvalue weighted by atomic mass is 9.73. The summed E-state index contributed by atoms with van der Waals surface area (Å²) >= 11 is 0. The minimum Gasteiger partial charge on any atom is -0.497 e. The number of methoxy groups -OCH3 is 1. The van der Waals surface area contributed by atoms with Crippen molar-refractivity contribution >= 4 is 0 Å². The van der Waals surface area contributed by atoms with Gasteiger partial charge in [0.1, 0.15) is 5.75 Å². The van der Waals surface area contributed by atoms with Crippen molar-refractivity contribution in [2.45, 2.75) is 44.1 Å². The van der Waals surface area contributed by atoms with Crippen LogP contribution in [0.1, 0.15) is 44.1 Å². The van der Waals surface area contributed by atoms with E-state index in [1.807, 2.05) is 18.2 Å². The van der Waals surface area contributed by atoms with E-state index >= 15 is 0 Å². The van der Waals surface area contributed by atoms with Gasteiger partial charge in [-0.25, -0.2) is 0 Å². The van der Waals surface area contributed by atoms with Gasteiger partial charge in [-0.2, -0.15) is 0 Å². The summed E-state index contributed by atoms with van der Waals surface area (Å²) in [6, 6.07) is 8.10. The van der Waals surface area contributed by atoms with E-state index in [0.29, 0.717) is 5.92 Å². The molecular formula is C21H34N2O2. The van der Waals surface area contributed by atoms with Crippen LogP contribution in [0.5, 0.6) is 5.75 Å². The van der Waals surface area contributed by atoms with E-state index in [2.05, 4.69) is 22.9 Å². The van der Waals surface area contributed by atoms with Crippen molar-refractivity contribution in [1.29, 1.82) is 0 Å². The van der Waals surface area contributed by atoms with Gasteiger partial charge in [0, 0.05) is 38.6 Å². The molecule has 1 aliphatic heterocycles. The number of likely N-dealkylation sites (N-methyl/N-ethyl adjacent to an activating group) is 1. The Hall–Kier alpha value is -1.10. The summed E-state index contributed by atoms with van der Waals surface area (Å²) < 4.78 is 5.42. The molecule has 4 heteroatoms. The molecule has 0 spiro atoms. The number of rotatable bonds is 4. The minimum atomic E-state index is -0.738. The molecule has 3 rings (SSSR count). The zero-order chi connectivity index (χ0) is 17.7. The van der Waals surface area contributed by atoms with Crippen LogP contribution >= 0.6 is 0 Å². The smallest absolute Gasteiger partial charge is 0.119 e. The Morgan fingerprint density at radius 1 is 1.12 bits per heavy atom. The lowest BCUT2D eigenvalue weighted by molar-refractivity contribution is -0.0575. The second-order valence-electron chi connectivity index (χ2n) is 7.91. The monoisotopic (exact) mass is 346 g/mol. The minimum absolute atomic E-state index is 0.295. The van der Waals surface area contributed by atoms with Gasteiger partial charge in [-0.15, -0.1) is 0 Å². The first kappa shape index (κ1) is 18.7. The summed E-state index contributed by atoms with van der Waals surface area (Å²) in [5, 5.41) is 11.8. The molecule has 0 amide bonds. The zero-order valence-electron chi connectivity index (χ0n) is 15.9. The fourth-order valence-electron chi connectivity index (χ4n) is 4.44. The molecule has 1 aromatic rings. The molecular weight excluding hydrogens is 312 g/mol. The molecule has 1 aliphatic carbocycles. The van der Waals surface area contributed by atoms with Gasteiger partial charge in [0.15, 0.2) is 0 Å². The molecule has 0 aromatic heterocycles. The van der Waals surface area contributed by atoms with Crippen molar-refractivity contribution in [3.63, 3.8) is 0 Å². The van der Waals surface area contributed by atoms with Crippen molar-refractivity contribution < 1.29 is 9.84 Å². The fraction of sp³-hybridized carbons (Fsp3) is 0.714. The predicted molar refractivity (Wildman–Crippen MR) is 102 cm³/mol. The largest absolute Gasteiger partial charge is 0.497 e. The lowest BCUT2D eigenvalue weighted by Gasteiger charge is -2.42. The van der Waals surface area contributed by atoms with E-state index in [9.17, 15) is 5.11 Å². The molecule has 25 heavy (non-hydrogen) atoms. The first-order chi connectivity index (χ1) is 12.1. The number of hydrogen-bond acceptors (Lipinski definition) is 4. The fourth-order valence-corrected chi connectivity index (χ4v) is 4.44. The molecule has 2 aliphatic rings. The zero-order valence-corrected chi connectivity index (χ0v) is 15.9. The number of aliphatic hydroxyl groups is 1. The molecule has 140 valence electrons. The van der Waals surface area contributed by atoms with Crippen LogP contribution in [0, 0.1) is 5.92 Å². The van der Waals surface area contributed by atoms with Gasteiger partial charge in [-0.05, 0) is 37.6 Å². The molecule has 4 nitrogen and oxygen atoms in total. The summed E-state index contributed by atoms with van der Waals surface area (Å²) in [5.41, 5.74) is 0.297. The van der Waals surface area contributed by atoms with Crippen molar-refractivity contribution in [2.24, 2.45) is 5.92 Å². The summed E-state index contributed by atoms with van der Waals surface area (Å²) in [6.45, 7) is 5.48. The molecule has 1 saturated heterocycles. The van der Waals surface area contributed by atoms with E-state index in [4.69, 9.17) is 4.74 Å². The average molecular weight is 347 g/mol. The molecule has 2 atom stereocenters. The van der Waals surface area contributed by atoms with Crippen molar-refractivity contribution in [1.82, 2.24) is 9.80 Å². The highest BCUT2D eigenvalue weighted by Crippen LogP contribution is 2.41. The number of benzene rings is 1. The van der Waals surface area contributed by atoms with Gasteiger partial charge in [0.25, 0.3) is 0 Å². The quantitative estimate of drug-likeness (QED) is 0.909. The van der Waals surface area contributed by atoms with Crippen molar-refractivity contribution in [3.8, 4) is 5.75 Å². The standard InChI is InChI=1S/C21H34N2O2/c1-22-12-14-23(15-13-22)17-19-8-5-3-4-6-11-21(19,24)18-9-7-10-20(16-18)25-2/h7,9-10,16,19,24H,3-6,8,11-15,17H2,1-2H3. The van der Waals surface area contributed by atoms with E-state index in [1.165, 1.54) is 19.3 Å². The number of piperazine rings is 1. The molecule has 1 aromatic carbocycles. The third-order valence-corrected chi connectivity index (χ3v) is 6.18. The second kappa shape index (κ2) is 8.52. The van der Waals surface area contributed by atoms with E-state index in [0.717, 1.165) is 63.3 Å². The van der Waals surface area contributed by atoms with Crippen molar-refractivity contribution in [2.75, 3.05) is 46.9 Å². The van der Waals surface area contributed by atoms with Gasteiger partial charge in [-0.3, -0.25) is 0 Å². The van der Waals surface area contributed by atoms with Gasteiger partial charge in [0.05, 0.1) is 12.7 Å². The maximum Gasteiger partial charge on any atom is 0.119 e. The Bertz CT molecular complexity index is 542. The summed E-state index contributed by atoms with van der Waals surface area (Å²) in [5.74, 6) is 1.13. The van der Waals surface area contributed by atoms with Crippen LogP contribution in [0.4, 0.5) is 0 Å². The van der Waals surface area contributed by atoms with Gasteiger partial charge < -0.3 is 19.6 Å². The lowest BCUT2D eigenvalue weighted by Crippen LogP contribution is -2.49. The van der Waals surface area contributed by atoms with Crippen LogP contribution in [0.25, 0.3) is 0 Å². The summed E-state index contributed by atoms with van der Waals surface area (Å²) in [4.78, 5) is 4.94. The maximum atomic E-state index is 11.8. The highest BCUT2D eigenvalue weighted by Gasteiger charge is 2.39. The van der Waals surface area contributed by atoms with Gasteiger partial charge >= 0.3 is 0 Å². The van der Waals surface area contributed by atoms with Crippen LogP contribution in [0.3, 0.4) is 0 Å². The summed E-state index contributed by atoms with van der Waals surface area (Å²) in [7, 11) is 3.89. The third-order valence-electron chi connectivity index (χ3n) is 6.18.